The summed E-state index contributed by atoms with van der Waals surface area (Å²) in [5.74, 6) is -0.289. The Labute approximate surface area is 124 Å². The van der Waals surface area contributed by atoms with E-state index in [2.05, 4.69) is 4.98 Å². The van der Waals surface area contributed by atoms with E-state index in [0.717, 1.165) is 43.5 Å². The number of anilines is 1. The Bertz CT molecular complexity index is 539. The van der Waals surface area contributed by atoms with E-state index in [1.54, 1.807) is 0 Å². The Morgan fingerprint density at radius 2 is 2.14 bits per heavy atom. The van der Waals surface area contributed by atoms with Gasteiger partial charge in [0, 0.05) is 31.3 Å². The van der Waals surface area contributed by atoms with Crippen LogP contribution in [0.25, 0.3) is 0 Å². The van der Waals surface area contributed by atoms with Crippen LogP contribution in [-0.2, 0) is 17.8 Å². The second kappa shape index (κ2) is 6.12. The Balaban J connectivity index is 1.74. The van der Waals surface area contributed by atoms with Crippen LogP contribution >= 0.6 is 0 Å². The molecule has 0 aromatic carbocycles. The van der Waals surface area contributed by atoms with Gasteiger partial charge in [-0.2, -0.15) is 0 Å². The summed E-state index contributed by atoms with van der Waals surface area (Å²) >= 11 is 0. The zero-order chi connectivity index (χ0) is 14.8. The predicted octanol–water partition coefficient (Wildman–Crippen LogP) is 2.51. The Morgan fingerprint density at radius 1 is 1.38 bits per heavy atom. The van der Waals surface area contributed by atoms with Crippen molar-refractivity contribution in [3.8, 4) is 0 Å². The van der Waals surface area contributed by atoms with Gasteiger partial charge in [-0.25, -0.2) is 4.39 Å². The molecular weight excluding hydrogens is 269 g/mol. The van der Waals surface area contributed by atoms with Crippen LogP contribution in [0.4, 0.5) is 10.1 Å². The van der Waals surface area contributed by atoms with Crippen molar-refractivity contribution in [2.24, 2.45) is 5.73 Å². The first-order valence-electron chi connectivity index (χ1n) is 7.58. The molecular formula is C16H22FN3O. The molecule has 0 spiro atoms. The van der Waals surface area contributed by atoms with Crippen LogP contribution in [0.1, 0.15) is 36.9 Å². The zero-order valence-corrected chi connectivity index (χ0v) is 12.4. The fourth-order valence-corrected chi connectivity index (χ4v) is 3.12. The molecule has 21 heavy (non-hydrogen) atoms. The van der Waals surface area contributed by atoms with E-state index in [1.807, 2.05) is 24.2 Å². The Morgan fingerprint density at radius 3 is 2.90 bits per heavy atom. The van der Waals surface area contributed by atoms with Crippen LogP contribution in [0.2, 0.25) is 0 Å². The highest BCUT2D eigenvalue weighted by atomic mass is 19.1. The van der Waals surface area contributed by atoms with E-state index in [1.165, 1.54) is 6.20 Å². The maximum Gasteiger partial charge on any atom is 0.149 e. The molecule has 2 N–H and O–H groups in total. The lowest BCUT2D eigenvalue weighted by atomic mass is 9.94. The van der Waals surface area contributed by atoms with E-state index in [9.17, 15) is 4.39 Å². The molecule has 114 valence electrons. The van der Waals surface area contributed by atoms with Crippen molar-refractivity contribution in [2.45, 2.75) is 50.9 Å². The van der Waals surface area contributed by atoms with Crippen molar-refractivity contribution >= 4 is 5.69 Å². The molecule has 0 unspecified atom stereocenters. The van der Waals surface area contributed by atoms with Crippen molar-refractivity contribution in [3.63, 3.8) is 0 Å². The molecule has 2 aliphatic rings. The normalized spacial score (nSPS) is 25.0. The minimum Gasteiger partial charge on any atom is -0.373 e. The summed E-state index contributed by atoms with van der Waals surface area (Å²) < 4.78 is 20.1. The van der Waals surface area contributed by atoms with E-state index in [-0.39, 0.29) is 11.9 Å². The smallest absolute Gasteiger partial charge is 0.149 e. The van der Waals surface area contributed by atoms with Crippen LogP contribution in [0.3, 0.4) is 0 Å². The van der Waals surface area contributed by atoms with Gasteiger partial charge >= 0.3 is 0 Å². The number of allylic oxidation sites excluding steroid dienone is 1. The molecule has 1 aromatic heterocycles. The average molecular weight is 291 g/mol. The standard InChI is InChI=1S/C16H22FN3O/c1-20-8-2-3-15-16(20)13(14(17)9-19-15)10-21-12-6-4-11(18)5-7-12/h2,8-9,11-12H,3-7,10,18H2,1H3. The molecule has 2 heterocycles. The van der Waals surface area contributed by atoms with Gasteiger partial charge in [-0.3, -0.25) is 4.98 Å². The lowest BCUT2D eigenvalue weighted by Gasteiger charge is -2.28. The zero-order valence-electron chi connectivity index (χ0n) is 12.4. The number of halogens is 1. The van der Waals surface area contributed by atoms with Crippen LogP contribution in [0, 0.1) is 5.82 Å². The average Bonchev–Trinajstić information content (AvgIpc) is 2.48. The number of hydrogen-bond donors (Lipinski definition) is 1. The maximum absolute atomic E-state index is 14.2. The minimum atomic E-state index is -0.289. The molecule has 1 saturated carbocycles. The number of fused-ring (bicyclic) bond motifs is 1. The van der Waals surface area contributed by atoms with Crippen LogP contribution in [0.15, 0.2) is 18.5 Å². The van der Waals surface area contributed by atoms with Gasteiger partial charge in [0.2, 0.25) is 0 Å². The van der Waals surface area contributed by atoms with Gasteiger partial charge in [0.25, 0.3) is 0 Å². The lowest BCUT2D eigenvalue weighted by molar-refractivity contribution is 0.0127. The second-order valence-corrected chi connectivity index (χ2v) is 5.93. The number of nitrogens with zero attached hydrogens (tertiary/aromatic N) is 2. The SMILES string of the molecule is CN1C=CCc2ncc(F)c(COC3CCC(N)CC3)c21. The first-order valence-corrected chi connectivity index (χ1v) is 7.58. The summed E-state index contributed by atoms with van der Waals surface area (Å²) in [6.45, 7) is 0.300. The van der Waals surface area contributed by atoms with Crippen LogP contribution in [-0.4, -0.2) is 24.2 Å². The summed E-state index contributed by atoms with van der Waals surface area (Å²) in [5, 5.41) is 0. The minimum absolute atomic E-state index is 0.192. The molecule has 1 fully saturated rings. The van der Waals surface area contributed by atoms with E-state index >= 15 is 0 Å². The first-order chi connectivity index (χ1) is 10.1. The number of pyridine rings is 1. The summed E-state index contributed by atoms with van der Waals surface area (Å²) in [6, 6.07) is 0.298. The van der Waals surface area contributed by atoms with Gasteiger partial charge in [0.1, 0.15) is 5.82 Å². The summed E-state index contributed by atoms with van der Waals surface area (Å²) in [6.07, 6.45) is 10.1. The predicted molar refractivity (Wildman–Crippen MR) is 80.5 cm³/mol. The number of hydrogen-bond acceptors (Lipinski definition) is 4. The first kappa shape index (κ1) is 14.5. The highest BCUT2D eigenvalue weighted by Crippen LogP contribution is 2.31. The highest BCUT2D eigenvalue weighted by Gasteiger charge is 2.23. The molecule has 0 radical (unpaired) electrons. The van der Waals surface area contributed by atoms with Crippen molar-refractivity contribution in [2.75, 3.05) is 11.9 Å². The van der Waals surface area contributed by atoms with Crippen LogP contribution in [0.5, 0.6) is 0 Å². The molecule has 4 nitrogen and oxygen atoms in total. The quantitative estimate of drug-likeness (QED) is 0.929. The van der Waals surface area contributed by atoms with E-state index in [4.69, 9.17) is 10.5 Å². The van der Waals surface area contributed by atoms with Crippen molar-refractivity contribution in [3.05, 3.63) is 35.5 Å². The lowest BCUT2D eigenvalue weighted by Crippen LogP contribution is -2.30. The van der Waals surface area contributed by atoms with Gasteiger partial charge in [-0.15, -0.1) is 0 Å². The molecule has 5 heteroatoms. The van der Waals surface area contributed by atoms with Gasteiger partial charge in [-0.05, 0) is 25.7 Å². The summed E-state index contributed by atoms with van der Waals surface area (Å²) in [4.78, 5) is 6.12. The number of rotatable bonds is 3. The monoisotopic (exact) mass is 291 g/mol. The summed E-state index contributed by atoms with van der Waals surface area (Å²) in [7, 11) is 1.92. The fourth-order valence-electron chi connectivity index (χ4n) is 3.12. The third-order valence-corrected chi connectivity index (χ3v) is 4.36. The van der Waals surface area contributed by atoms with Gasteiger partial charge in [0.05, 0.1) is 30.3 Å². The fraction of sp³-hybridized carbons (Fsp3) is 0.562. The molecule has 1 aromatic rings. The van der Waals surface area contributed by atoms with Crippen molar-refractivity contribution < 1.29 is 9.13 Å². The van der Waals surface area contributed by atoms with Gasteiger partial charge in [0.15, 0.2) is 0 Å². The van der Waals surface area contributed by atoms with E-state index < -0.39 is 0 Å². The van der Waals surface area contributed by atoms with Crippen LogP contribution < -0.4 is 10.6 Å². The molecule has 0 saturated heterocycles. The number of ether oxygens (including phenoxy) is 1. The molecule has 0 bridgehead atoms. The molecule has 1 aliphatic heterocycles. The van der Waals surface area contributed by atoms with Gasteiger partial charge < -0.3 is 15.4 Å². The maximum atomic E-state index is 14.2. The number of aromatic nitrogens is 1. The largest absolute Gasteiger partial charge is 0.373 e. The van der Waals surface area contributed by atoms with Gasteiger partial charge in [-0.1, -0.05) is 6.08 Å². The molecule has 0 amide bonds. The topological polar surface area (TPSA) is 51.4 Å². The molecule has 0 atom stereocenters. The third-order valence-electron chi connectivity index (χ3n) is 4.36. The number of nitrogens with two attached hydrogens (primary N) is 1. The van der Waals surface area contributed by atoms with Crippen molar-refractivity contribution in [1.29, 1.82) is 0 Å². The second-order valence-electron chi connectivity index (χ2n) is 5.93. The van der Waals surface area contributed by atoms with Crippen molar-refractivity contribution in [1.82, 2.24) is 4.98 Å². The van der Waals surface area contributed by atoms with E-state index in [0.29, 0.717) is 18.2 Å². The molecule has 3 rings (SSSR count). The highest BCUT2D eigenvalue weighted by molar-refractivity contribution is 5.61. The Hall–Kier alpha value is -1.46. The summed E-state index contributed by atoms with van der Waals surface area (Å²) in [5.41, 5.74) is 8.27. The molecule has 1 aliphatic carbocycles. The third kappa shape index (κ3) is 3.09. The Kier molecular flexibility index (Phi) is 4.22.